The molecule has 24 heavy (non-hydrogen) atoms. The highest BCUT2D eigenvalue weighted by atomic mass is 79.9. The molecular weight excluding hydrogens is 436 g/mol. The Morgan fingerprint density at radius 2 is 0.917 bits per heavy atom. The predicted octanol–water partition coefficient (Wildman–Crippen LogP) is 9.76. The summed E-state index contributed by atoms with van der Waals surface area (Å²) in [4.78, 5) is 0. The van der Waals surface area contributed by atoms with Gasteiger partial charge in [0, 0.05) is 5.33 Å². The highest BCUT2D eigenvalue weighted by molar-refractivity contribution is 9.09. The van der Waals surface area contributed by atoms with Crippen LogP contribution in [-0.2, 0) is 0 Å². The standard InChI is InChI=1S/2C6H15P.C4H9Br.C2H6ClP.CH4/c2*1-4-5-6-7(2)3;1-2-3-4-5;1-4(2)3;/h2*4-6H2,1-3H3;2-4H2,1H3;1-2H3;1H4. The van der Waals surface area contributed by atoms with E-state index in [1.807, 2.05) is 13.3 Å². The summed E-state index contributed by atoms with van der Waals surface area (Å²) in [7, 11) is 0.639. The molecule has 0 aliphatic rings. The molecule has 0 aromatic rings. The number of hydrogen-bond acceptors (Lipinski definition) is 0. The Morgan fingerprint density at radius 1 is 0.667 bits per heavy atom. The number of halogens is 2. The van der Waals surface area contributed by atoms with Gasteiger partial charge in [-0.05, 0) is 78.8 Å². The third kappa shape index (κ3) is 88.0. The molecule has 0 atom stereocenters. The monoisotopic (exact) mass is 484 g/mol. The fourth-order valence-corrected chi connectivity index (χ4v) is 3.54. The molecule has 0 aromatic carbocycles. The first-order valence-corrected chi connectivity index (χ1v) is 18.0. The minimum absolute atomic E-state index is 0. The van der Waals surface area contributed by atoms with Crippen LogP contribution in [0.25, 0.3) is 0 Å². The van der Waals surface area contributed by atoms with Crippen molar-refractivity contribution in [2.45, 2.75) is 66.7 Å². The van der Waals surface area contributed by atoms with Gasteiger partial charge in [-0.3, -0.25) is 0 Å². The molecule has 0 aliphatic heterocycles. The van der Waals surface area contributed by atoms with Crippen molar-refractivity contribution in [1.82, 2.24) is 0 Å². The second kappa shape index (κ2) is 36.1. The lowest BCUT2D eigenvalue weighted by molar-refractivity contribution is 0.892. The first-order chi connectivity index (χ1) is 10.7. The van der Waals surface area contributed by atoms with Crippen LogP contribution < -0.4 is 0 Å². The number of rotatable bonds is 8. The largest absolute Gasteiger partial charge is 0.113 e. The van der Waals surface area contributed by atoms with Gasteiger partial charge in [-0.1, -0.05) is 74.6 Å². The zero-order chi connectivity index (χ0) is 19.1. The van der Waals surface area contributed by atoms with Crippen LogP contribution in [0, 0.1) is 0 Å². The van der Waals surface area contributed by atoms with E-state index in [0.717, 1.165) is 5.33 Å². The van der Waals surface area contributed by atoms with E-state index in [-0.39, 0.29) is 14.7 Å². The Kier molecular flexibility index (Phi) is 55.4. The van der Waals surface area contributed by atoms with Gasteiger partial charge in [-0.25, -0.2) is 0 Å². The summed E-state index contributed by atoms with van der Waals surface area (Å²) in [6.07, 6.45) is 11.1. The summed E-state index contributed by atoms with van der Waals surface area (Å²) >= 11 is 8.65. The average Bonchev–Trinajstić information content (AvgIpc) is 2.44. The van der Waals surface area contributed by atoms with Gasteiger partial charge >= 0.3 is 0 Å². The molecular formula is C19H49BrClP3. The Bertz CT molecular complexity index is 152. The van der Waals surface area contributed by atoms with Crippen molar-refractivity contribution in [3.63, 3.8) is 0 Å². The fraction of sp³-hybridized carbons (Fsp3) is 1.00. The van der Waals surface area contributed by atoms with Gasteiger partial charge in [0.1, 0.15) is 0 Å². The normalized spacial score (nSPS) is 9.25. The molecule has 0 bridgehead atoms. The zero-order valence-electron chi connectivity index (χ0n) is 17.5. The van der Waals surface area contributed by atoms with Crippen LogP contribution in [0.3, 0.4) is 0 Å². The molecule has 0 saturated heterocycles. The van der Waals surface area contributed by atoms with Crippen LogP contribution in [0.4, 0.5) is 0 Å². The molecule has 0 saturated carbocycles. The lowest BCUT2D eigenvalue weighted by atomic mass is 10.4. The van der Waals surface area contributed by atoms with Crippen LogP contribution in [0.2, 0.25) is 0 Å². The van der Waals surface area contributed by atoms with Crippen molar-refractivity contribution < 1.29 is 0 Å². The van der Waals surface area contributed by atoms with Crippen LogP contribution in [0.1, 0.15) is 66.7 Å². The average molecular weight is 486 g/mol. The minimum Gasteiger partial charge on any atom is -0.113 e. The van der Waals surface area contributed by atoms with Gasteiger partial charge < -0.3 is 0 Å². The van der Waals surface area contributed by atoms with Gasteiger partial charge in [-0.15, -0.1) is 15.8 Å². The first kappa shape index (κ1) is 36.9. The topological polar surface area (TPSA) is 0 Å². The number of hydrogen-bond donors (Lipinski definition) is 0. The first-order valence-electron chi connectivity index (χ1n) is 8.87. The van der Waals surface area contributed by atoms with E-state index in [1.54, 1.807) is 0 Å². The number of alkyl halides is 1. The highest BCUT2D eigenvalue weighted by Gasteiger charge is 1.88. The SMILES string of the molecule is C.CCCCBr.CCCCP(C)C.CCCCP(C)C.CP(C)Cl. The highest BCUT2D eigenvalue weighted by Crippen LogP contribution is 2.29. The van der Waals surface area contributed by atoms with Gasteiger partial charge in [0.05, 0.1) is 0 Å². The Labute approximate surface area is 174 Å². The summed E-state index contributed by atoms with van der Waals surface area (Å²) in [5.41, 5.74) is 0. The second-order valence-corrected chi connectivity index (χ2v) is 15.7. The van der Waals surface area contributed by atoms with Crippen molar-refractivity contribution >= 4 is 50.3 Å². The van der Waals surface area contributed by atoms with E-state index in [0.29, 0.717) is 15.8 Å². The fourth-order valence-electron chi connectivity index (χ4n) is 1.08. The quantitative estimate of drug-likeness (QED) is 0.237. The molecule has 0 rings (SSSR count). The minimum atomic E-state index is -0.148. The third-order valence-corrected chi connectivity index (χ3v) is 5.39. The summed E-state index contributed by atoms with van der Waals surface area (Å²) < 4.78 is 0. The second-order valence-electron chi connectivity index (χ2n) is 6.14. The molecule has 0 heterocycles. The Balaban J connectivity index is -0.0000000675. The van der Waals surface area contributed by atoms with E-state index < -0.39 is 0 Å². The number of unbranched alkanes of at least 4 members (excludes halogenated alkanes) is 3. The summed E-state index contributed by atoms with van der Waals surface area (Å²) in [5.74, 6) is 0. The Morgan fingerprint density at radius 3 is 0.958 bits per heavy atom. The molecule has 154 valence electrons. The maximum absolute atomic E-state index is 5.34. The van der Waals surface area contributed by atoms with E-state index in [9.17, 15) is 0 Å². The molecule has 0 spiro atoms. The van der Waals surface area contributed by atoms with Crippen molar-refractivity contribution in [1.29, 1.82) is 0 Å². The van der Waals surface area contributed by atoms with Crippen LogP contribution in [0.5, 0.6) is 0 Å². The predicted molar refractivity (Wildman–Crippen MR) is 137 cm³/mol. The molecule has 0 fully saturated rings. The van der Waals surface area contributed by atoms with Crippen LogP contribution in [0.15, 0.2) is 0 Å². The van der Waals surface area contributed by atoms with Crippen molar-refractivity contribution in [3.05, 3.63) is 0 Å². The van der Waals surface area contributed by atoms with Crippen molar-refractivity contribution in [3.8, 4) is 0 Å². The van der Waals surface area contributed by atoms with Gasteiger partial charge in [0.15, 0.2) is 0 Å². The molecule has 0 aliphatic carbocycles. The van der Waals surface area contributed by atoms with E-state index in [4.69, 9.17) is 11.2 Å². The van der Waals surface area contributed by atoms with Gasteiger partial charge in [0.2, 0.25) is 0 Å². The van der Waals surface area contributed by atoms with E-state index in [1.165, 1.54) is 50.8 Å². The Hall–Kier alpha value is 2.06. The molecule has 0 N–H and O–H groups in total. The zero-order valence-corrected chi connectivity index (χ0v) is 22.5. The molecule has 0 radical (unpaired) electrons. The maximum Gasteiger partial charge on any atom is 0.00312 e. The third-order valence-electron chi connectivity index (χ3n) is 2.40. The molecule has 0 unspecified atom stereocenters. The van der Waals surface area contributed by atoms with Crippen molar-refractivity contribution in [2.24, 2.45) is 0 Å². The van der Waals surface area contributed by atoms with Crippen LogP contribution >= 0.6 is 50.3 Å². The molecule has 0 aromatic heterocycles. The van der Waals surface area contributed by atoms with Gasteiger partial charge in [0.25, 0.3) is 0 Å². The lowest BCUT2D eigenvalue weighted by Crippen LogP contribution is -1.77. The van der Waals surface area contributed by atoms with Crippen LogP contribution in [-0.4, -0.2) is 57.6 Å². The summed E-state index contributed by atoms with van der Waals surface area (Å²) in [6, 6.07) is 0. The molecule has 0 amide bonds. The van der Waals surface area contributed by atoms with E-state index in [2.05, 4.69) is 63.4 Å². The molecule has 5 heteroatoms. The smallest absolute Gasteiger partial charge is 0.00312 e. The summed E-state index contributed by atoms with van der Waals surface area (Å²) in [6.45, 7) is 20.0. The van der Waals surface area contributed by atoms with Gasteiger partial charge in [-0.2, -0.15) is 0 Å². The summed E-state index contributed by atoms with van der Waals surface area (Å²) in [5, 5.41) is 1.16. The lowest BCUT2D eigenvalue weighted by Gasteiger charge is -2.00. The molecule has 0 nitrogen and oxygen atoms in total. The maximum atomic E-state index is 5.34. The van der Waals surface area contributed by atoms with Crippen molar-refractivity contribution in [2.75, 3.05) is 57.6 Å². The van der Waals surface area contributed by atoms with E-state index >= 15 is 0 Å².